The number of ketones is 1. The standard InChI is InChI=1S/C21H32O3/c1-15(2)7-5-10-20(3)11-6-12-21(4)17(20)9-8-16(18(21)22)19-23-13-14-24-19/h7-8,17,19H,5-6,9-14H2,1-4H3/t17-,20+,21?/m0/s1. The zero-order chi connectivity index (χ0) is 17.4. The van der Waals surface area contributed by atoms with Crippen LogP contribution >= 0.6 is 0 Å². The Hall–Kier alpha value is -0.930. The fraction of sp³-hybridized carbons (Fsp3) is 0.762. The van der Waals surface area contributed by atoms with Crippen LogP contribution in [0.1, 0.15) is 66.2 Å². The highest BCUT2D eigenvalue weighted by Crippen LogP contribution is 2.58. The van der Waals surface area contributed by atoms with Crippen LogP contribution in [-0.4, -0.2) is 25.3 Å². The fourth-order valence-electron chi connectivity index (χ4n) is 5.19. The van der Waals surface area contributed by atoms with Crippen LogP contribution in [0.4, 0.5) is 0 Å². The second kappa shape index (κ2) is 6.76. The second-order valence-electron chi connectivity index (χ2n) is 8.60. The van der Waals surface area contributed by atoms with Crippen LogP contribution in [0.3, 0.4) is 0 Å². The van der Waals surface area contributed by atoms with E-state index >= 15 is 0 Å². The Labute approximate surface area is 146 Å². The molecule has 3 aliphatic rings. The number of carbonyl (C=O) groups excluding carboxylic acids is 1. The Kier molecular flexibility index (Phi) is 5.04. The van der Waals surface area contributed by atoms with E-state index in [1.165, 1.54) is 18.4 Å². The van der Waals surface area contributed by atoms with Crippen LogP contribution in [0, 0.1) is 16.7 Å². The van der Waals surface area contributed by atoms with Crippen molar-refractivity contribution in [2.45, 2.75) is 72.5 Å². The molecule has 1 aliphatic heterocycles. The highest BCUT2D eigenvalue weighted by Gasteiger charge is 2.54. The summed E-state index contributed by atoms with van der Waals surface area (Å²) in [5.41, 5.74) is 2.15. The average molecular weight is 332 g/mol. The number of ether oxygens (including phenoxy) is 2. The van der Waals surface area contributed by atoms with Crippen molar-refractivity contribution in [1.29, 1.82) is 0 Å². The lowest BCUT2D eigenvalue weighted by molar-refractivity contribution is -0.140. The predicted molar refractivity (Wildman–Crippen MR) is 95.6 cm³/mol. The normalized spacial score (nSPS) is 37.1. The zero-order valence-electron chi connectivity index (χ0n) is 15.7. The summed E-state index contributed by atoms with van der Waals surface area (Å²) in [7, 11) is 0. The molecule has 0 radical (unpaired) electrons. The fourth-order valence-corrected chi connectivity index (χ4v) is 5.19. The molecule has 3 nitrogen and oxygen atoms in total. The second-order valence-corrected chi connectivity index (χ2v) is 8.60. The first-order valence-corrected chi connectivity index (χ1v) is 9.48. The molecule has 3 atom stereocenters. The maximum atomic E-state index is 13.3. The molecular formula is C21H32O3. The molecule has 0 aromatic rings. The number of Topliss-reactive ketones (excluding diaryl/α,β-unsaturated/α-hetero) is 1. The van der Waals surface area contributed by atoms with Gasteiger partial charge in [-0.15, -0.1) is 0 Å². The summed E-state index contributed by atoms with van der Waals surface area (Å²) in [5, 5.41) is 0. The Morgan fingerprint density at radius 3 is 2.62 bits per heavy atom. The number of allylic oxidation sites excluding steroid dienone is 3. The van der Waals surface area contributed by atoms with Gasteiger partial charge in [-0.3, -0.25) is 4.79 Å². The maximum Gasteiger partial charge on any atom is 0.187 e. The van der Waals surface area contributed by atoms with Crippen LogP contribution < -0.4 is 0 Å². The first kappa shape index (κ1) is 17.9. The van der Waals surface area contributed by atoms with E-state index in [2.05, 4.69) is 39.8 Å². The first-order valence-electron chi connectivity index (χ1n) is 9.48. The van der Waals surface area contributed by atoms with Crippen LogP contribution in [0.2, 0.25) is 0 Å². The molecule has 1 unspecified atom stereocenters. The Balaban J connectivity index is 1.83. The SMILES string of the molecule is CC(C)=CCC[C@]1(C)CCCC2(C)C(=O)C(C3OCCO3)=CC[C@H]21. The van der Waals surface area contributed by atoms with Gasteiger partial charge in [-0.1, -0.05) is 38.0 Å². The smallest absolute Gasteiger partial charge is 0.187 e. The summed E-state index contributed by atoms with van der Waals surface area (Å²) in [6.45, 7) is 10.1. The van der Waals surface area contributed by atoms with E-state index in [-0.39, 0.29) is 16.6 Å². The van der Waals surface area contributed by atoms with Crippen LogP contribution in [0.5, 0.6) is 0 Å². The van der Waals surface area contributed by atoms with Crippen molar-refractivity contribution in [3.05, 3.63) is 23.3 Å². The van der Waals surface area contributed by atoms with Gasteiger partial charge in [0.2, 0.25) is 0 Å². The third-order valence-electron chi connectivity index (χ3n) is 6.55. The van der Waals surface area contributed by atoms with E-state index < -0.39 is 6.29 Å². The van der Waals surface area contributed by atoms with E-state index in [4.69, 9.17) is 9.47 Å². The monoisotopic (exact) mass is 332 g/mol. The molecule has 1 heterocycles. The van der Waals surface area contributed by atoms with Gasteiger partial charge in [-0.05, 0) is 57.3 Å². The third-order valence-corrected chi connectivity index (χ3v) is 6.55. The summed E-state index contributed by atoms with van der Waals surface area (Å²) < 4.78 is 11.2. The molecule has 0 amide bonds. The number of hydrogen-bond acceptors (Lipinski definition) is 3. The van der Waals surface area contributed by atoms with Crippen LogP contribution in [0.15, 0.2) is 23.3 Å². The van der Waals surface area contributed by atoms with Crippen molar-refractivity contribution in [3.63, 3.8) is 0 Å². The molecule has 0 aromatic carbocycles. The minimum Gasteiger partial charge on any atom is -0.346 e. The summed E-state index contributed by atoms with van der Waals surface area (Å²) in [5.74, 6) is 0.709. The van der Waals surface area contributed by atoms with Gasteiger partial charge in [0, 0.05) is 11.0 Å². The van der Waals surface area contributed by atoms with Crippen LogP contribution in [0.25, 0.3) is 0 Å². The lowest BCUT2D eigenvalue weighted by Gasteiger charge is -2.53. The summed E-state index contributed by atoms with van der Waals surface area (Å²) in [6.07, 6.45) is 10.7. The van der Waals surface area contributed by atoms with Gasteiger partial charge in [-0.25, -0.2) is 0 Å². The van der Waals surface area contributed by atoms with E-state index in [0.717, 1.165) is 31.3 Å². The number of hydrogen-bond donors (Lipinski definition) is 0. The van der Waals surface area contributed by atoms with Gasteiger partial charge in [-0.2, -0.15) is 0 Å². The van der Waals surface area contributed by atoms with Crippen molar-refractivity contribution in [1.82, 2.24) is 0 Å². The third kappa shape index (κ3) is 3.13. The molecule has 2 aliphatic carbocycles. The first-order chi connectivity index (χ1) is 11.4. The molecule has 3 heteroatoms. The molecule has 0 aromatic heterocycles. The van der Waals surface area contributed by atoms with E-state index in [1.807, 2.05) is 0 Å². The number of fused-ring (bicyclic) bond motifs is 1. The quantitative estimate of drug-likeness (QED) is 0.693. The molecular weight excluding hydrogens is 300 g/mol. The number of rotatable bonds is 4. The molecule has 134 valence electrons. The Morgan fingerprint density at radius 1 is 1.25 bits per heavy atom. The highest BCUT2D eigenvalue weighted by molar-refractivity contribution is 6.01. The predicted octanol–water partition coefficient (Wildman–Crippen LogP) is 4.82. The van der Waals surface area contributed by atoms with Crippen molar-refractivity contribution >= 4 is 5.78 Å². The van der Waals surface area contributed by atoms with E-state index in [0.29, 0.717) is 19.1 Å². The van der Waals surface area contributed by atoms with E-state index in [1.54, 1.807) is 0 Å². The molecule has 24 heavy (non-hydrogen) atoms. The molecule has 0 N–H and O–H groups in total. The lowest BCUT2D eigenvalue weighted by atomic mass is 9.50. The minimum atomic E-state index is -0.422. The van der Waals surface area contributed by atoms with Gasteiger partial charge >= 0.3 is 0 Å². The zero-order valence-corrected chi connectivity index (χ0v) is 15.7. The molecule has 1 saturated carbocycles. The molecule has 0 spiro atoms. The average Bonchev–Trinajstić information content (AvgIpc) is 3.03. The Morgan fingerprint density at radius 2 is 1.96 bits per heavy atom. The maximum absolute atomic E-state index is 13.3. The molecule has 0 bridgehead atoms. The van der Waals surface area contributed by atoms with Gasteiger partial charge in [0.05, 0.1) is 13.2 Å². The van der Waals surface area contributed by atoms with E-state index in [9.17, 15) is 4.79 Å². The minimum absolute atomic E-state index is 0.244. The molecule has 3 rings (SSSR count). The van der Waals surface area contributed by atoms with Crippen molar-refractivity contribution < 1.29 is 14.3 Å². The summed E-state index contributed by atoms with van der Waals surface area (Å²) in [6, 6.07) is 0. The molecule has 1 saturated heterocycles. The van der Waals surface area contributed by atoms with Gasteiger partial charge in [0.1, 0.15) is 0 Å². The largest absolute Gasteiger partial charge is 0.346 e. The summed E-state index contributed by atoms with van der Waals surface area (Å²) in [4.78, 5) is 13.3. The van der Waals surface area contributed by atoms with Gasteiger partial charge < -0.3 is 9.47 Å². The lowest BCUT2D eigenvalue weighted by Crippen LogP contribution is -2.51. The molecule has 2 fully saturated rings. The van der Waals surface area contributed by atoms with Crippen molar-refractivity contribution in [3.8, 4) is 0 Å². The van der Waals surface area contributed by atoms with Crippen molar-refractivity contribution in [2.24, 2.45) is 16.7 Å². The number of carbonyl (C=O) groups is 1. The topological polar surface area (TPSA) is 35.5 Å². The highest BCUT2D eigenvalue weighted by atomic mass is 16.7. The van der Waals surface area contributed by atoms with Crippen molar-refractivity contribution in [2.75, 3.05) is 13.2 Å². The Bertz CT molecular complexity index is 551. The van der Waals surface area contributed by atoms with Gasteiger partial charge in [0.25, 0.3) is 0 Å². The van der Waals surface area contributed by atoms with Gasteiger partial charge in [0.15, 0.2) is 12.1 Å². The summed E-state index contributed by atoms with van der Waals surface area (Å²) >= 11 is 0. The van der Waals surface area contributed by atoms with Crippen LogP contribution in [-0.2, 0) is 14.3 Å².